The Morgan fingerprint density at radius 3 is 2.81 bits per heavy atom. The number of carbonyl (C=O) groups excluding carboxylic acids is 3. The molecule has 0 spiro atoms. The SMILES string of the molecule is COC(=O)OCOC1=C2C(=O)N3CC(CO)OC[C@H]3NN2C(c2cc(F)c(F)c3c2Cc2ccccc2SC3)=C(C=O)C1. The van der Waals surface area contributed by atoms with Gasteiger partial charge in [-0.05, 0) is 29.7 Å². The van der Waals surface area contributed by atoms with E-state index in [0.717, 1.165) is 23.6 Å². The van der Waals surface area contributed by atoms with Crippen molar-refractivity contribution < 1.29 is 47.2 Å². The highest BCUT2D eigenvalue weighted by molar-refractivity contribution is 7.98. The summed E-state index contributed by atoms with van der Waals surface area (Å²) in [5.41, 5.74) is 5.25. The fourth-order valence-electron chi connectivity index (χ4n) is 5.64. The van der Waals surface area contributed by atoms with Gasteiger partial charge in [0, 0.05) is 33.8 Å². The first-order valence-corrected chi connectivity index (χ1v) is 14.4. The van der Waals surface area contributed by atoms with E-state index in [4.69, 9.17) is 14.2 Å². The number of fused-ring (bicyclic) bond motifs is 4. The van der Waals surface area contributed by atoms with E-state index in [1.807, 2.05) is 24.3 Å². The van der Waals surface area contributed by atoms with Crippen LogP contribution in [0.5, 0.6) is 0 Å². The third kappa shape index (κ3) is 5.24. The van der Waals surface area contributed by atoms with Crippen LogP contribution in [0.25, 0.3) is 5.70 Å². The highest BCUT2D eigenvalue weighted by Gasteiger charge is 2.46. The molecule has 0 bridgehead atoms. The molecule has 2 aromatic carbocycles. The van der Waals surface area contributed by atoms with Crippen molar-refractivity contribution in [3.8, 4) is 0 Å². The first kappa shape index (κ1) is 29.1. The lowest BCUT2D eigenvalue weighted by atomic mass is 9.89. The van der Waals surface area contributed by atoms with E-state index in [2.05, 4.69) is 10.2 Å². The Balaban J connectivity index is 1.48. The molecule has 4 aliphatic heterocycles. The van der Waals surface area contributed by atoms with Gasteiger partial charge in [0.05, 0.1) is 38.7 Å². The number of nitrogens with one attached hydrogen (secondary N) is 1. The maximum atomic E-state index is 15.3. The van der Waals surface area contributed by atoms with Crippen molar-refractivity contribution in [1.29, 1.82) is 0 Å². The summed E-state index contributed by atoms with van der Waals surface area (Å²) >= 11 is 1.39. The largest absolute Gasteiger partial charge is 0.510 e. The summed E-state index contributed by atoms with van der Waals surface area (Å²) in [6.07, 6.45) is -1.73. The van der Waals surface area contributed by atoms with Crippen LogP contribution >= 0.6 is 11.8 Å². The van der Waals surface area contributed by atoms with Gasteiger partial charge in [-0.25, -0.2) is 19.0 Å². The first-order valence-electron chi connectivity index (χ1n) is 13.4. The van der Waals surface area contributed by atoms with Gasteiger partial charge >= 0.3 is 6.16 Å². The molecule has 6 rings (SSSR count). The normalized spacial score (nSPS) is 21.3. The molecular weight excluding hydrogens is 588 g/mol. The number of hydrogen-bond donors (Lipinski definition) is 2. The zero-order valence-corrected chi connectivity index (χ0v) is 23.7. The average Bonchev–Trinajstić information content (AvgIpc) is 3.22. The minimum absolute atomic E-state index is 0.00595. The molecule has 2 saturated heterocycles. The van der Waals surface area contributed by atoms with Crippen LogP contribution in [0.2, 0.25) is 0 Å². The maximum absolute atomic E-state index is 15.3. The maximum Gasteiger partial charge on any atom is 0.510 e. The number of nitrogens with zero attached hydrogens (tertiary/aromatic N) is 2. The van der Waals surface area contributed by atoms with Crippen molar-refractivity contribution in [3.63, 3.8) is 0 Å². The van der Waals surface area contributed by atoms with Crippen molar-refractivity contribution in [2.45, 2.75) is 35.8 Å². The molecule has 2 atom stereocenters. The fourth-order valence-corrected chi connectivity index (χ4v) is 6.74. The third-order valence-electron chi connectivity index (χ3n) is 7.70. The second kappa shape index (κ2) is 12.0. The molecule has 11 nitrogen and oxygen atoms in total. The zero-order valence-electron chi connectivity index (χ0n) is 22.9. The van der Waals surface area contributed by atoms with Crippen molar-refractivity contribution in [2.24, 2.45) is 0 Å². The molecule has 4 heterocycles. The zero-order chi connectivity index (χ0) is 30.2. The van der Waals surface area contributed by atoms with E-state index in [-0.39, 0.29) is 72.2 Å². The molecule has 0 radical (unpaired) electrons. The van der Waals surface area contributed by atoms with Gasteiger partial charge < -0.3 is 29.0 Å². The number of hydrogen-bond acceptors (Lipinski definition) is 11. The lowest BCUT2D eigenvalue weighted by Crippen LogP contribution is -2.68. The van der Waals surface area contributed by atoms with Crippen LogP contribution in [0.3, 0.4) is 0 Å². The number of morpholine rings is 1. The Morgan fingerprint density at radius 1 is 1.23 bits per heavy atom. The number of allylic oxidation sites excluding steroid dienone is 1. The number of rotatable bonds is 6. The fraction of sp³-hybridized carbons (Fsp3) is 0.345. The predicted octanol–water partition coefficient (Wildman–Crippen LogP) is 2.81. The van der Waals surface area contributed by atoms with E-state index in [0.29, 0.717) is 11.8 Å². The highest BCUT2D eigenvalue weighted by Crippen LogP contribution is 2.44. The first-order chi connectivity index (χ1) is 20.8. The van der Waals surface area contributed by atoms with Gasteiger partial charge in [0.1, 0.15) is 18.2 Å². The number of aliphatic hydroxyl groups is 1. The summed E-state index contributed by atoms with van der Waals surface area (Å²) in [6.45, 7) is -0.860. The van der Waals surface area contributed by atoms with Crippen LogP contribution in [-0.2, 0) is 40.7 Å². The number of amides is 1. The monoisotopic (exact) mass is 615 g/mol. The van der Waals surface area contributed by atoms with Crippen LogP contribution in [0.15, 0.2) is 52.3 Å². The van der Waals surface area contributed by atoms with Gasteiger partial charge in [-0.3, -0.25) is 14.6 Å². The van der Waals surface area contributed by atoms with E-state index >= 15 is 8.78 Å². The van der Waals surface area contributed by atoms with E-state index in [1.165, 1.54) is 21.7 Å². The molecule has 0 aromatic heterocycles. The van der Waals surface area contributed by atoms with Gasteiger partial charge in [-0.2, -0.15) is 0 Å². The summed E-state index contributed by atoms with van der Waals surface area (Å²) in [5, 5.41) is 11.0. The van der Waals surface area contributed by atoms with E-state index in [9.17, 15) is 19.5 Å². The van der Waals surface area contributed by atoms with Gasteiger partial charge in [0.15, 0.2) is 17.3 Å². The number of carbonyl (C=O) groups is 3. The van der Waals surface area contributed by atoms with Gasteiger partial charge in [0.25, 0.3) is 5.91 Å². The lowest BCUT2D eigenvalue weighted by molar-refractivity contribution is -0.158. The summed E-state index contributed by atoms with van der Waals surface area (Å²) in [6, 6.07) is 8.61. The third-order valence-corrected chi connectivity index (χ3v) is 8.84. The Bertz CT molecular complexity index is 1560. The second-order valence-corrected chi connectivity index (χ2v) is 11.1. The smallest absolute Gasteiger partial charge is 0.459 e. The molecule has 2 aromatic rings. The topological polar surface area (TPSA) is 127 Å². The molecule has 226 valence electrons. The lowest BCUT2D eigenvalue weighted by Gasteiger charge is -2.49. The summed E-state index contributed by atoms with van der Waals surface area (Å²) in [5.74, 6) is -2.41. The number of aliphatic hydroxyl groups excluding tert-OH is 1. The minimum Gasteiger partial charge on any atom is -0.459 e. The van der Waals surface area contributed by atoms with Crippen LogP contribution in [-0.4, -0.2) is 79.3 Å². The van der Waals surface area contributed by atoms with Gasteiger partial charge in [0.2, 0.25) is 6.79 Å². The van der Waals surface area contributed by atoms with Crippen molar-refractivity contribution in [1.82, 2.24) is 15.3 Å². The summed E-state index contributed by atoms with van der Waals surface area (Å²) in [4.78, 5) is 40.5. The molecule has 43 heavy (non-hydrogen) atoms. The van der Waals surface area contributed by atoms with Crippen LogP contribution in [0, 0.1) is 11.6 Å². The van der Waals surface area contributed by atoms with Crippen LogP contribution < -0.4 is 5.43 Å². The predicted molar refractivity (Wildman–Crippen MR) is 147 cm³/mol. The second-order valence-electron chi connectivity index (χ2n) is 10.1. The summed E-state index contributed by atoms with van der Waals surface area (Å²) in [7, 11) is 1.12. The van der Waals surface area contributed by atoms with Crippen molar-refractivity contribution in [2.75, 3.05) is 33.7 Å². The molecule has 1 unspecified atom stereocenters. The number of benzene rings is 2. The van der Waals surface area contributed by atoms with Crippen molar-refractivity contribution >= 4 is 35.8 Å². The molecule has 0 saturated carbocycles. The molecule has 4 aliphatic rings. The van der Waals surface area contributed by atoms with Crippen LogP contribution in [0.1, 0.15) is 28.7 Å². The van der Waals surface area contributed by atoms with Gasteiger partial charge in [-0.1, -0.05) is 18.2 Å². The molecule has 14 heteroatoms. The Hall–Kier alpha value is -3.98. The standard InChI is InChI=1S/C29H27F2N3O8S/c1-39-29(38)42-14-41-22-7-16(10-35)26(34-27(22)28(37)33-9-17(11-36)40-12-24(33)32-34)19-8-21(30)25(31)20-13-43-23-5-3-2-4-15(23)6-18(19)20/h2-5,8,10,17,24,32,36H,6-7,9,11-14H2,1H3/t17?,24-/m0/s1. The average molecular weight is 616 g/mol. The summed E-state index contributed by atoms with van der Waals surface area (Å²) < 4.78 is 51.3. The van der Waals surface area contributed by atoms with Gasteiger partial charge in [-0.15, -0.1) is 11.8 Å². The Kier molecular flexibility index (Phi) is 8.09. The van der Waals surface area contributed by atoms with Crippen LogP contribution in [0.4, 0.5) is 13.6 Å². The molecule has 2 N–H and O–H groups in total. The number of aldehydes is 1. The van der Waals surface area contributed by atoms with E-state index in [1.54, 1.807) is 0 Å². The Labute approximate surface area is 249 Å². The number of halogens is 2. The quantitative estimate of drug-likeness (QED) is 0.283. The van der Waals surface area contributed by atoms with E-state index < -0.39 is 42.8 Å². The molecular formula is C29H27F2N3O8S. The molecule has 2 fully saturated rings. The number of methoxy groups -OCH3 is 1. The minimum atomic E-state index is -1.09. The Morgan fingerprint density at radius 2 is 2.05 bits per heavy atom. The number of thioether (sulfide) groups is 1. The molecule has 1 amide bonds. The highest BCUT2D eigenvalue weighted by atomic mass is 32.2. The van der Waals surface area contributed by atoms with Crippen molar-refractivity contribution in [3.05, 3.63) is 81.2 Å². The number of hydrazine groups is 1. The molecule has 0 aliphatic carbocycles. The number of ether oxygens (including phenoxy) is 4.